The normalized spacial score (nSPS) is 15.9. The summed E-state index contributed by atoms with van der Waals surface area (Å²) in [5.74, 6) is 1.19. The molecule has 2 aliphatic heterocycles. The maximum Gasteiger partial charge on any atom is 0.261 e. The molecule has 2 aromatic heterocycles. The first-order valence-corrected chi connectivity index (χ1v) is 13.2. The number of halogens is 2. The third-order valence-electron chi connectivity index (χ3n) is 6.48. The van der Waals surface area contributed by atoms with Crippen molar-refractivity contribution >= 4 is 58.3 Å². The monoisotopic (exact) mass is 542 g/mol. The number of benzene rings is 1. The molecule has 0 atom stereocenters. The predicted molar refractivity (Wildman–Crippen MR) is 147 cm³/mol. The lowest BCUT2D eigenvalue weighted by molar-refractivity contribution is 0.102. The van der Waals surface area contributed by atoms with Crippen LogP contribution >= 0.6 is 23.2 Å². The number of H-pyrrole nitrogens is 1. The highest BCUT2D eigenvalue weighted by molar-refractivity contribution is 6.34. The molecule has 194 valence electrons. The van der Waals surface area contributed by atoms with E-state index in [1.807, 2.05) is 0 Å². The Morgan fingerprint density at radius 1 is 0.865 bits per heavy atom. The lowest BCUT2D eigenvalue weighted by atomic mass is 10.1. The Balaban J connectivity index is 1.36. The van der Waals surface area contributed by atoms with E-state index in [0.29, 0.717) is 34.2 Å². The Bertz CT molecular complexity index is 1300. The fraction of sp³-hybridized carbons (Fsp3) is 0.400. The van der Waals surface area contributed by atoms with Crippen LogP contribution in [0.3, 0.4) is 0 Å². The van der Waals surface area contributed by atoms with Gasteiger partial charge in [-0.15, -0.1) is 0 Å². The van der Waals surface area contributed by atoms with Gasteiger partial charge in [-0.05, 0) is 62.8 Å². The number of aromatic amines is 1. The molecule has 3 aromatic rings. The molecule has 37 heavy (non-hydrogen) atoms. The SMILES string of the molecule is O=C(Nc1ccc(Nc2nc(N3CCCCC3)nc(N3CCCCC3)n2)cc1Cl)c1cc(Cl)c[nH]c1=O. The quantitative estimate of drug-likeness (QED) is 0.404. The fourth-order valence-corrected chi connectivity index (χ4v) is 4.91. The number of carbonyl (C=O) groups is 1. The average Bonchev–Trinajstić information content (AvgIpc) is 2.92. The Morgan fingerprint density at radius 2 is 1.49 bits per heavy atom. The number of hydrogen-bond acceptors (Lipinski definition) is 8. The van der Waals surface area contributed by atoms with E-state index in [4.69, 9.17) is 38.2 Å². The smallest absolute Gasteiger partial charge is 0.261 e. The largest absolute Gasteiger partial charge is 0.341 e. The van der Waals surface area contributed by atoms with E-state index < -0.39 is 11.5 Å². The third kappa shape index (κ3) is 6.14. The van der Waals surface area contributed by atoms with E-state index >= 15 is 0 Å². The number of aromatic nitrogens is 4. The highest BCUT2D eigenvalue weighted by Crippen LogP contribution is 2.29. The molecule has 0 unspecified atom stereocenters. The molecule has 0 saturated carbocycles. The van der Waals surface area contributed by atoms with Crippen LogP contribution in [0, 0.1) is 0 Å². The summed E-state index contributed by atoms with van der Waals surface area (Å²) in [5, 5.41) is 6.45. The van der Waals surface area contributed by atoms with Gasteiger partial charge in [0.1, 0.15) is 5.56 Å². The molecule has 0 aliphatic carbocycles. The van der Waals surface area contributed by atoms with Crippen molar-refractivity contribution in [3.05, 3.63) is 56.4 Å². The lowest BCUT2D eigenvalue weighted by Gasteiger charge is -2.30. The van der Waals surface area contributed by atoms with Crippen LogP contribution in [0.2, 0.25) is 10.0 Å². The van der Waals surface area contributed by atoms with Gasteiger partial charge >= 0.3 is 0 Å². The molecule has 5 rings (SSSR count). The molecular weight excluding hydrogens is 515 g/mol. The summed E-state index contributed by atoms with van der Waals surface area (Å²) in [6.45, 7) is 3.72. The summed E-state index contributed by atoms with van der Waals surface area (Å²) >= 11 is 12.4. The Morgan fingerprint density at radius 3 is 2.08 bits per heavy atom. The molecule has 1 amide bonds. The number of nitrogens with one attached hydrogen (secondary N) is 3. The minimum absolute atomic E-state index is 0.105. The van der Waals surface area contributed by atoms with Crippen molar-refractivity contribution in [1.82, 2.24) is 19.9 Å². The summed E-state index contributed by atoms with van der Waals surface area (Å²) in [5.41, 5.74) is 0.367. The Hall–Kier alpha value is -3.37. The van der Waals surface area contributed by atoms with Crippen molar-refractivity contribution in [2.45, 2.75) is 38.5 Å². The van der Waals surface area contributed by atoms with Crippen LogP contribution in [-0.2, 0) is 0 Å². The van der Waals surface area contributed by atoms with Gasteiger partial charge in [-0.2, -0.15) is 15.0 Å². The molecule has 0 bridgehead atoms. The maximum atomic E-state index is 12.6. The summed E-state index contributed by atoms with van der Waals surface area (Å²) in [7, 11) is 0. The molecule has 2 fully saturated rings. The number of piperidine rings is 2. The highest BCUT2D eigenvalue weighted by atomic mass is 35.5. The van der Waals surface area contributed by atoms with E-state index in [0.717, 1.165) is 51.9 Å². The summed E-state index contributed by atoms with van der Waals surface area (Å²) < 4.78 is 0. The molecule has 0 spiro atoms. The molecule has 2 aliphatic rings. The van der Waals surface area contributed by atoms with Crippen molar-refractivity contribution in [2.24, 2.45) is 0 Å². The van der Waals surface area contributed by atoms with Gasteiger partial charge in [0, 0.05) is 38.1 Å². The van der Waals surface area contributed by atoms with E-state index in [1.165, 1.54) is 25.1 Å². The summed E-state index contributed by atoms with van der Waals surface area (Å²) in [4.78, 5) is 45.7. The standard InChI is InChI=1S/C25H28Cl2N8O2/c26-16-13-18(21(36)28-15-16)22(37)30-20-8-7-17(14-19(20)27)29-23-31-24(34-9-3-1-4-10-34)33-25(32-23)35-11-5-2-6-12-35/h7-8,13-15H,1-6,9-12H2,(H,28,36)(H,30,37)(H,29,31,32,33). The molecular formula is C25H28Cl2N8O2. The lowest BCUT2D eigenvalue weighted by Crippen LogP contribution is -2.34. The van der Waals surface area contributed by atoms with Crippen LogP contribution in [0.5, 0.6) is 0 Å². The second kappa shape index (κ2) is 11.4. The van der Waals surface area contributed by atoms with Crippen LogP contribution in [0.1, 0.15) is 48.9 Å². The second-order valence-electron chi connectivity index (χ2n) is 9.19. The predicted octanol–water partition coefficient (Wildman–Crippen LogP) is 4.84. The first kappa shape index (κ1) is 25.3. The van der Waals surface area contributed by atoms with E-state index in [2.05, 4.69) is 25.4 Å². The van der Waals surface area contributed by atoms with Crippen LogP contribution < -0.4 is 26.0 Å². The molecule has 12 heteroatoms. The zero-order valence-electron chi connectivity index (χ0n) is 20.3. The second-order valence-corrected chi connectivity index (χ2v) is 10.0. The van der Waals surface area contributed by atoms with Crippen molar-refractivity contribution in [3.63, 3.8) is 0 Å². The Kier molecular flexibility index (Phi) is 7.76. The van der Waals surface area contributed by atoms with Crippen molar-refractivity contribution in [2.75, 3.05) is 46.6 Å². The zero-order chi connectivity index (χ0) is 25.8. The first-order valence-electron chi connectivity index (χ1n) is 12.5. The number of carbonyl (C=O) groups excluding carboxylic acids is 1. The van der Waals surface area contributed by atoms with Gasteiger partial charge in [0.15, 0.2) is 0 Å². The van der Waals surface area contributed by atoms with Gasteiger partial charge in [0.2, 0.25) is 17.8 Å². The van der Waals surface area contributed by atoms with E-state index in [-0.39, 0.29) is 10.6 Å². The van der Waals surface area contributed by atoms with Crippen LogP contribution in [0.25, 0.3) is 0 Å². The van der Waals surface area contributed by atoms with Crippen LogP contribution in [0.4, 0.5) is 29.2 Å². The number of rotatable bonds is 6. The number of amides is 1. The number of nitrogens with zero attached hydrogens (tertiary/aromatic N) is 5. The highest BCUT2D eigenvalue weighted by Gasteiger charge is 2.21. The van der Waals surface area contributed by atoms with E-state index in [9.17, 15) is 9.59 Å². The number of pyridine rings is 1. The number of hydrogen-bond donors (Lipinski definition) is 3. The van der Waals surface area contributed by atoms with E-state index in [1.54, 1.807) is 18.2 Å². The van der Waals surface area contributed by atoms with Crippen LogP contribution in [0.15, 0.2) is 35.3 Å². The van der Waals surface area contributed by atoms with Gasteiger partial charge in [-0.25, -0.2) is 0 Å². The molecule has 10 nitrogen and oxygen atoms in total. The molecule has 1 aromatic carbocycles. The van der Waals surface area contributed by atoms with Crippen LogP contribution in [-0.4, -0.2) is 52.0 Å². The molecule has 3 N–H and O–H groups in total. The van der Waals surface area contributed by atoms with Crippen molar-refractivity contribution in [1.29, 1.82) is 0 Å². The van der Waals surface area contributed by atoms with Crippen molar-refractivity contribution in [3.8, 4) is 0 Å². The molecule has 0 radical (unpaired) electrons. The zero-order valence-corrected chi connectivity index (χ0v) is 21.8. The van der Waals surface area contributed by atoms with Gasteiger partial charge < -0.3 is 25.4 Å². The van der Waals surface area contributed by atoms with Gasteiger partial charge in [-0.1, -0.05) is 23.2 Å². The maximum absolute atomic E-state index is 12.6. The third-order valence-corrected chi connectivity index (χ3v) is 7.01. The topological polar surface area (TPSA) is 119 Å². The fourth-order valence-electron chi connectivity index (χ4n) is 4.52. The van der Waals surface area contributed by atoms with Crippen molar-refractivity contribution < 1.29 is 4.79 Å². The minimum atomic E-state index is -0.610. The van der Waals surface area contributed by atoms with Gasteiger partial charge in [0.05, 0.1) is 15.7 Å². The average molecular weight is 543 g/mol. The minimum Gasteiger partial charge on any atom is -0.341 e. The van der Waals surface area contributed by atoms with Gasteiger partial charge in [-0.3, -0.25) is 9.59 Å². The summed E-state index contributed by atoms with van der Waals surface area (Å²) in [6, 6.07) is 6.39. The number of anilines is 5. The molecule has 2 saturated heterocycles. The van der Waals surface area contributed by atoms with Gasteiger partial charge in [0.25, 0.3) is 11.5 Å². The Labute approximate surface area is 224 Å². The molecule has 4 heterocycles. The first-order chi connectivity index (χ1) is 18.0. The summed E-state index contributed by atoms with van der Waals surface area (Å²) in [6.07, 6.45) is 8.25.